The Kier molecular flexibility index (Phi) is 2.07. The van der Waals surface area contributed by atoms with Crippen LogP contribution in [-0.2, 0) is 0 Å². The quantitative estimate of drug-likeness (QED) is 0.659. The molecular formula is C21H24N2. The lowest BCUT2D eigenvalue weighted by Crippen LogP contribution is -2.61. The fourth-order valence-corrected chi connectivity index (χ4v) is 8.44. The van der Waals surface area contributed by atoms with Crippen LogP contribution in [0.4, 0.5) is 0 Å². The van der Waals surface area contributed by atoms with Crippen molar-refractivity contribution in [3.05, 3.63) is 35.4 Å². The Hall–Kier alpha value is -1.18. The predicted octanol–water partition coefficient (Wildman–Crippen LogP) is 4.77. The summed E-state index contributed by atoms with van der Waals surface area (Å²) in [6, 6.07) is 10.5. The van der Waals surface area contributed by atoms with Crippen LogP contribution in [-0.4, -0.2) is 12.1 Å². The molecule has 5 saturated carbocycles. The molecule has 0 aromatic heterocycles. The molecule has 6 bridgehead atoms. The Morgan fingerprint density at radius 2 is 1.13 bits per heavy atom. The van der Waals surface area contributed by atoms with Crippen molar-refractivity contribution in [2.24, 2.45) is 45.7 Å². The molecule has 118 valence electrons. The summed E-state index contributed by atoms with van der Waals surface area (Å²) in [5, 5.41) is 9.92. The molecule has 0 N–H and O–H groups in total. The van der Waals surface area contributed by atoms with Crippen LogP contribution >= 0.6 is 0 Å². The summed E-state index contributed by atoms with van der Waals surface area (Å²) in [7, 11) is 0. The number of hydrogen-bond acceptors (Lipinski definition) is 2. The summed E-state index contributed by atoms with van der Waals surface area (Å²) in [4.78, 5) is 0. The standard InChI is InChI=1S/C21H24N2/c1-2-4-13-12(3-1)14-9-15(13)19-18(14)20-16-10-5-7-11(8-6-10)17(16)21(19)23-22-20/h1-4,10-11,14-21H,5-9H2. The molecule has 6 aliphatic carbocycles. The highest BCUT2D eigenvalue weighted by molar-refractivity contribution is 5.45. The van der Waals surface area contributed by atoms with Crippen molar-refractivity contribution in [3.8, 4) is 0 Å². The summed E-state index contributed by atoms with van der Waals surface area (Å²) in [6.07, 6.45) is 7.38. The zero-order chi connectivity index (χ0) is 14.7. The third-order valence-corrected chi connectivity index (χ3v) is 8.94. The van der Waals surface area contributed by atoms with Crippen molar-refractivity contribution in [1.82, 2.24) is 0 Å². The fraction of sp³-hybridized carbons (Fsp3) is 0.714. The molecule has 2 heterocycles. The van der Waals surface area contributed by atoms with Gasteiger partial charge in [-0.1, -0.05) is 24.3 Å². The fourth-order valence-electron chi connectivity index (χ4n) is 8.44. The average molecular weight is 304 g/mol. The lowest BCUT2D eigenvalue weighted by atomic mass is 9.46. The molecule has 1 aromatic carbocycles. The minimum Gasteiger partial charge on any atom is -0.190 e. The second-order valence-corrected chi connectivity index (χ2v) is 9.27. The second-order valence-electron chi connectivity index (χ2n) is 9.27. The molecule has 0 spiro atoms. The number of hydrogen-bond donors (Lipinski definition) is 0. The number of rotatable bonds is 0. The molecule has 8 aliphatic rings. The van der Waals surface area contributed by atoms with Crippen LogP contribution in [0.5, 0.6) is 0 Å². The van der Waals surface area contributed by atoms with E-state index >= 15 is 0 Å². The van der Waals surface area contributed by atoms with Gasteiger partial charge in [0.25, 0.3) is 0 Å². The molecule has 0 saturated heterocycles. The molecule has 2 aliphatic heterocycles. The Balaban J connectivity index is 1.40. The van der Waals surface area contributed by atoms with Gasteiger partial charge in [0.2, 0.25) is 0 Å². The third-order valence-electron chi connectivity index (χ3n) is 8.94. The van der Waals surface area contributed by atoms with Crippen LogP contribution < -0.4 is 0 Å². The van der Waals surface area contributed by atoms with Gasteiger partial charge >= 0.3 is 0 Å². The number of benzene rings is 1. The lowest BCUT2D eigenvalue weighted by molar-refractivity contribution is -0.0908. The molecule has 2 heteroatoms. The van der Waals surface area contributed by atoms with E-state index in [1.165, 1.54) is 32.1 Å². The number of azo groups is 1. The third kappa shape index (κ3) is 1.25. The van der Waals surface area contributed by atoms with E-state index in [0.717, 1.165) is 47.3 Å². The first-order valence-corrected chi connectivity index (χ1v) is 9.90. The molecule has 9 rings (SSSR count). The van der Waals surface area contributed by atoms with Gasteiger partial charge in [0, 0.05) is 0 Å². The van der Waals surface area contributed by atoms with Gasteiger partial charge in [-0.25, -0.2) is 0 Å². The first-order valence-electron chi connectivity index (χ1n) is 9.90. The molecule has 0 radical (unpaired) electrons. The van der Waals surface area contributed by atoms with Gasteiger partial charge in [-0.2, -0.15) is 10.2 Å². The Labute approximate surface area is 137 Å². The normalized spacial score (nSPS) is 56.5. The van der Waals surface area contributed by atoms with Crippen LogP contribution in [0.3, 0.4) is 0 Å². The molecule has 2 nitrogen and oxygen atoms in total. The zero-order valence-electron chi connectivity index (χ0n) is 13.5. The van der Waals surface area contributed by atoms with E-state index in [1.54, 1.807) is 11.1 Å². The second kappa shape index (κ2) is 3.90. The average Bonchev–Trinajstić information content (AvgIpc) is 3.22. The largest absolute Gasteiger partial charge is 0.190 e. The van der Waals surface area contributed by atoms with Gasteiger partial charge in [-0.05, 0) is 90.6 Å². The Bertz CT molecular complexity index is 657. The number of nitrogens with zero attached hydrogens (tertiary/aromatic N) is 2. The highest BCUT2D eigenvalue weighted by Gasteiger charge is 2.67. The molecule has 5 fully saturated rings. The Morgan fingerprint density at radius 1 is 0.652 bits per heavy atom. The van der Waals surface area contributed by atoms with Crippen molar-refractivity contribution >= 4 is 0 Å². The molecule has 8 unspecified atom stereocenters. The topological polar surface area (TPSA) is 24.7 Å². The summed E-state index contributed by atoms with van der Waals surface area (Å²) >= 11 is 0. The molecule has 23 heavy (non-hydrogen) atoms. The monoisotopic (exact) mass is 304 g/mol. The van der Waals surface area contributed by atoms with Crippen molar-refractivity contribution in [2.45, 2.75) is 56.0 Å². The van der Waals surface area contributed by atoms with E-state index in [-0.39, 0.29) is 0 Å². The van der Waals surface area contributed by atoms with Crippen molar-refractivity contribution in [2.75, 3.05) is 0 Å². The van der Waals surface area contributed by atoms with Gasteiger partial charge in [0.05, 0.1) is 12.1 Å². The predicted molar refractivity (Wildman–Crippen MR) is 88.4 cm³/mol. The van der Waals surface area contributed by atoms with Crippen LogP contribution in [0, 0.1) is 35.5 Å². The maximum atomic E-state index is 4.96. The van der Waals surface area contributed by atoms with E-state index in [0.29, 0.717) is 12.1 Å². The van der Waals surface area contributed by atoms with Crippen molar-refractivity contribution < 1.29 is 0 Å². The van der Waals surface area contributed by atoms with E-state index in [1.807, 2.05) is 0 Å². The van der Waals surface area contributed by atoms with E-state index in [2.05, 4.69) is 24.3 Å². The van der Waals surface area contributed by atoms with Gasteiger partial charge < -0.3 is 0 Å². The first-order chi connectivity index (χ1) is 11.4. The van der Waals surface area contributed by atoms with Crippen LogP contribution in [0.1, 0.15) is 55.1 Å². The molecule has 0 amide bonds. The Morgan fingerprint density at radius 3 is 1.61 bits per heavy atom. The highest BCUT2D eigenvalue weighted by atomic mass is 15.2. The maximum absolute atomic E-state index is 4.96. The van der Waals surface area contributed by atoms with Crippen LogP contribution in [0.15, 0.2) is 34.5 Å². The van der Waals surface area contributed by atoms with E-state index in [9.17, 15) is 0 Å². The first kappa shape index (κ1) is 12.2. The van der Waals surface area contributed by atoms with Gasteiger partial charge in [0.1, 0.15) is 0 Å². The van der Waals surface area contributed by atoms with Gasteiger partial charge in [0.15, 0.2) is 0 Å². The summed E-state index contributed by atoms with van der Waals surface area (Å²) in [5.41, 5.74) is 3.36. The van der Waals surface area contributed by atoms with Crippen LogP contribution in [0.2, 0.25) is 0 Å². The van der Waals surface area contributed by atoms with Gasteiger partial charge in [-0.3, -0.25) is 0 Å². The lowest BCUT2D eigenvalue weighted by Gasteiger charge is -2.61. The van der Waals surface area contributed by atoms with E-state index < -0.39 is 0 Å². The van der Waals surface area contributed by atoms with E-state index in [4.69, 9.17) is 10.2 Å². The SMILES string of the molecule is c1ccc2c(c1)C1CC2C2C3N=NC(C4C5CCC(CC5)C34)C12. The van der Waals surface area contributed by atoms with Crippen LogP contribution in [0.25, 0.3) is 0 Å². The summed E-state index contributed by atoms with van der Waals surface area (Å²) in [5.74, 6) is 7.02. The smallest absolute Gasteiger partial charge is 0.0780 e. The summed E-state index contributed by atoms with van der Waals surface area (Å²) < 4.78 is 0. The van der Waals surface area contributed by atoms with Crippen molar-refractivity contribution in [3.63, 3.8) is 0 Å². The molecule has 1 aromatic rings. The number of fused-ring (bicyclic) bond motifs is 7. The van der Waals surface area contributed by atoms with Crippen molar-refractivity contribution in [1.29, 1.82) is 0 Å². The molecular weight excluding hydrogens is 280 g/mol. The maximum Gasteiger partial charge on any atom is 0.0780 e. The highest BCUT2D eigenvalue weighted by Crippen LogP contribution is 2.70. The minimum atomic E-state index is 0.575. The van der Waals surface area contributed by atoms with Gasteiger partial charge in [-0.15, -0.1) is 0 Å². The summed E-state index contributed by atoms with van der Waals surface area (Å²) in [6.45, 7) is 0. The minimum absolute atomic E-state index is 0.575. The zero-order valence-corrected chi connectivity index (χ0v) is 13.5. The molecule has 8 atom stereocenters.